The highest BCUT2D eigenvalue weighted by Crippen LogP contribution is 2.70. The lowest BCUT2D eigenvalue weighted by Crippen LogP contribution is -2.58. The van der Waals surface area contributed by atoms with Crippen LogP contribution < -0.4 is 0 Å². The van der Waals surface area contributed by atoms with E-state index in [9.17, 15) is 30.0 Å². The van der Waals surface area contributed by atoms with Gasteiger partial charge in [0.2, 0.25) is 0 Å². The van der Waals surface area contributed by atoms with Crippen molar-refractivity contribution in [1.29, 1.82) is 0 Å². The van der Waals surface area contributed by atoms with E-state index in [0.29, 0.717) is 82.9 Å². The summed E-state index contributed by atoms with van der Waals surface area (Å²) in [5, 5.41) is 52.1. The summed E-state index contributed by atoms with van der Waals surface area (Å²) >= 11 is 0. The van der Waals surface area contributed by atoms with Crippen LogP contribution in [0.25, 0.3) is 0 Å². The number of carboxylic acids is 1. The van der Waals surface area contributed by atoms with Gasteiger partial charge in [-0.1, -0.05) is 41.5 Å². The molecule has 5 N–H and O–H groups in total. The summed E-state index contributed by atoms with van der Waals surface area (Å²) < 4.78 is 4.86. The predicted molar refractivity (Wildman–Crippen MR) is 222 cm³/mol. The number of ether oxygens (including phenoxy) is 1. The van der Waals surface area contributed by atoms with Crippen LogP contribution >= 0.6 is 0 Å². The number of methoxy groups -OCH3 is 1. The lowest BCUT2D eigenvalue weighted by Gasteiger charge is -2.62. The normalized spacial score (nSPS) is 50.9. The summed E-state index contributed by atoms with van der Waals surface area (Å²) in [4.78, 5) is 22.7. The Morgan fingerprint density at radius 3 is 1.35 bits per heavy atom. The van der Waals surface area contributed by atoms with Gasteiger partial charge in [-0.2, -0.15) is 0 Å². The van der Waals surface area contributed by atoms with Crippen molar-refractivity contribution in [2.45, 2.75) is 194 Å². The zero-order valence-electron chi connectivity index (χ0n) is 36.8. The zero-order chi connectivity index (χ0) is 41.2. The molecule has 0 amide bonds. The Kier molecular flexibility index (Phi) is 12.8. The van der Waals surface area contributed by atoms with E-state index >= 15 is 0 Å². The molecule has 8 aliphatic carbocycles. The summed E-state index contributed by atoms with van der Waals surface area (Å²) in [6.45, 7) is 14.5. The Balaban J connectivity index is 0.000000174. The van der Waals surface area contributed by atoms with Gasteiger partial charge in [-0.05, 0) is 208 Å². The molecule has 0 spiro atoms. The fourth-order valence-electron chi connectivity index (χ4n) is 17.6. The zero-order valence-corrected chi connectivity index (χ0v) is 36.8. The molecule has 0 bridgehead atoms. The molecule has 8 nitrogen and oxygen atoms in total. The summed E-state index contributed by atoms with van der Waals surface area (Å²) in [5.74, 6) is 5.53. The van der Waals surface area contributed by atoms with Gasteiger partial charge in [0.15, 0.2) is 0 Å². The molecular weight excluding hydrogens is 717 g/mol. The molecule has 8 heteroatoms. The second-order valence-electron chi connectivity index (χ2n) is 22.9. The van der Waals surface area contributed by atoms with Crippen molar-refractivity contribution in [2.75, 3.05) is 7.11 Å². The lowest BCUT2D eigenvalue weighted by atomic mass is 9.43. The summed E-state index contributed by atoms with van der Waals surface area (Å²) in [7, 11) is 1.48. The van der Waals surface area contributed by atoms with E-state index in [-0.39, 0.29) is 53.1 Å². The molecule has 20 atom stereocenters. The largest absolute Gasteiger partial charge is 0.481 e. The topological polar surface area (TPSA) is 145 Å². The van der Waals surface area contributed by atoms with Crippen LogP contribution in [0.15, 0.2) is 0 Å². The minimum Gasteiger partial charge on any atom is -0.481 e. The van der Waals surface area contributed by atoms with Crippen LogP contribution in [0.5, 0.6) is 0 Å². The van der Waals surface area contributed by atoms with Crippen LogP contribution in [-0.2, 0) is 14.3 Å². The average molecular weight is 799 g/mol. The summed E-state index contributed by atoms with van der Waals surface area (Å²) in [5.41, 5.74) is 1.10. The van der Waals surface area contributed by atoms with Crippen LogP contribution in [0.3, 0.4) is 0 Å². The van der Waals surface area contributed by atoms with E-state index in [1.807, 2.05) is 0 Å². The molecule has 0 unspecified atom stereocenters. The van der Waals surface area contributed by atoms with Crippen molar-refractivity contribution in [2.24, 2.45) is 92.7 Å². The van der Waals surface area contributed by atoms with Crippen LogP contribution in [0, 0.1) is 92.7 Å². The smallest absolute Gasteiger partial charge is 0.305 e. The molecule has 8 fully saturated rings. The van der Waals surface area contributed by atoms with Crippen LogP contribution in [0.1, 0.15) is 170 Å². The molecule has 0 aromatic rings. The Morgan fingerprint density at radius 1 is 0.561 bits per heavy atom. The number of hydrogen-bond donors (Lipinski definition) is 5. The average Bonchev–Trinajstić information content (AvgIpc) is 3.71. The number of aliphatic hydroxyl groups is 4. The SMILES string of the molecule is COC(=O)CC[C@@H](C)[C@H]1CC[C@H]2[C@@H]3[C@H](O)C[C@@H]4C[C@H](O)CC[C@]4(C)[C@H]3CC[C@]12C.C[C@H](CCC(=O)O)[C@H]1CC[C@H]2[C@@H]3[C@H](O)C[C@@H]4C[C@H](O)CC[C@]4(C)[C@H]3CC[C@]12C. The van der Waals surface area contributed by atoms with Crippen molar-refractivity contribution >= 4 is 11.9 Å². The number of esters is 1. The van der Waals surface area contributed by atoms with Gasteiger partial charge in [0, 0.05) is 12.8 Å². The number of aliphatic carboxylic acids is 1. The highest BCUT2D eigenvalue weighted by atomic mass is 16.5. The van der Waals surface area contributed by atoms with Crippen molar-refractivity contribution < 1.29 is 39.9 Å². The number of aliphatic hydroxyl groups excluding tert-OH is 4. The van der Waals surface area contributed by atoms with Gasteiger partial charge in [-0.15, -0.1) is 0 Å². The third kappa shape index (κ3) is 7.70. The first-order chi connectivity index (χ1) is 26.9. The molecule has 0 radical (unpaired) electrons. The Morgan fingerprint density at radius 2 is 0.947 bits per heavy atom. The molecule has 8 aliphatic rings. The molecule has 326 valence electrons. The fourth-order valence-corrected chi connectivity index (χ4v) is 17.6. The van der Waals surface area contributed by atoms with Crippen LogP contribution in [0.4, 0.5) is 0 Å². The number of carbonyl (C=O) groups is 2. The molecule has 8 saturated carbocycles. The van der Waals surface area contributed by atoms with Crippen LogP contribution in [0.2, 0.25) is 0 Å². The van der Waals surface area contributed by atoms with Crippen molar-refractivity contribution in [1.82, 2.24) is 0 Å². The Hall–Kier alpha value is -1.22. The fraction of sp³-hybridized carbons (Fsp3) is 0.959. The van der Waals surface area contributed by atoms with Gasteiger partial charge in [0.1, 0.15) is 0 Å². The third-order valence-corrected chi connectivity index (χ3v) is 20.7. The van der Waals surface area contributed by atoms with E-state index in [2.05, 4.69) is 41.5 Å². The summed E-state index contributed by atoms with van der Waals surface area (Å²) in [6.07, 6.45) is 19.0. The number of fused-ring (bicyclic) bond motifs is 10. The van der Waals surface area contributed by atoms with E-state index in [1.165, 1.54) is 58.5 Å². The number of rotatable bonds is 8. The van der Waals surface area contributed by atoms with Crippen molar-refractivity contribution in [3.63, 3.8) is 0 Å². The Bertz CT molecular complexity index is 1440. The molecule has 0 aromatic carbocycles. The van der Waals surface area contributed by atoms with Gasteiger partial charge < -0.3 is 30.3 Å². The maximum Gasteiger partial charge on any atom is 0.305 e. The minimum atomic E-state index is -0.684. The highest BCUT2D eigenvalue weighted by molar-refractivity contribution is 5.69. The van der Waals surface area contributed by atoms with E-state index < -0.39 is 5.97 Å². The first-order valence-electron chi connectivity index (χ1n) is 23.9. The van der Waals surface area contributed by atoms with E-state index in [0.717, 1.165) is 64.2 Å². The molecular formula is C49H82O8. The third-order valence-electron chi connectivity index (χ3n) is 20.7. The van der Waals surface area contributed by atoms with Gasteiger partial charge in [-0.25, -0.2) is 0 Å². The monoisotopic (exact) mass is 799 g/mol. The second kappa shape index (κ2) is 16.6. The summed E-state index contributed by atoms with van der Waals surface area (Å²) in [6, 6.07) is 0. The molecule has 8 rings (SSSR count). The first-order valence-corrected chi connectivity index (χ1v) is 23.9. The standard InChI is InChI=1S/C25H42O4.C24H40O4/c1-15(5-8-22(28)29-4)18-6-7-19-23-20(10-12-25(18,19)3)24(2)11-9-17(26)13-16(24)14-21(23)27;1-14(4-7-21(27)28)17-5-6-18-22-19(9-11-24(17,18)3)23(2)10-8-16(25)12-15(23)13-20(22)26/h15-21,23,26-27H,5-14H2,1-4H3;14-20,22,25-26H,4-13H2,1-3H3,(H,27,28)/t15-,16+,17-,18-,19+,20+,21-,23+,24+,25-;14-,15+,16-,17-,18+,19+,20-,22+,23+,24-/m11/s1. The van der Waals surface area contributed by atoms with Gasteiger partial charge in [0.25, 0.3) is 0 Å². The molecule has 57 heavy (non-hydrogen) atoms. The van der Waals surface area contributed by atoms with Gasteiger partial charge in [0.05, 0.1) is 31.5 Å². The molecule has 0 saturated heterocycles. The maximum absolute atomic E-state index is 11.6. The first kappa shape index (κ1) is 43.9. The second-order valence-corrected chi connectivity index (χ2v) is 22.9. The molecule has 0 aliphatic heterocycles. The number of carbonyl (C=O) groups excluding carboxylic acids is 1. The highest BCUT2D eigenvalue weighted by Gasteiger charge is 2.64. The predicted octanol–water partition coefficient (Wildman–Crippen LogP) is 9.04. The van der Waals surface area contributed by atoms with E-state index in [4.69, 9.17) is 9.84 Å². The maximum atomic E-state index is 11.6. The number of hydrogen-bond acceptors (Lipinski definition) is 7. The lowest BCUT2D eigenvalue weighted by molar-refractivity contribution is -0.174. The quantitative estimate of drug-likeness (QED) is 0.153. The van der Waals surface area contributed by atoms with Gasteiger partial charge in [-0.3, -0.25) is 9.59 Å². The van der Waals surface area contributed by atoms with Gasteiger partial charge >= 0.3 is 11.9 Å². The number of carboxylic acid groups (broad SMARTS) is 1. The Labute approximate surface area is 345 Å². The van der Waals surface area contributed by atoms with Crippen molar-refractivity contribution in [3.05, 3.63) is 0 Å². The molecule has 0 aromatic heterocycles. The minimum absolute atomic E-state index is 0.0959. The molecule has 0 heterocycles. The van der Waals surface area contributed by atoms with Crippen LogP contribution in [-0.4, -0.2) is 69.0 Å². The van der Waals surface area contributed by atoms with E-state index in [1.54, 1.807) is 0 Å². The van der Waals surface area contributed by atoms with Crippen molar-refractivity contribution in [3.8, 4) is 0 Å².